The van der Waals surface area contributed by atoms with Gasteiger partial charge in [0, 0.05) is 0 Å². The van der Waals surface area contributed by atoms with Crippen molar-refractivity contribution in [3.8, 4) is 0 Å². The summed E-state index contributed by atoms with van der Waals surface area (Å²) in [6.07, 6.45) is 3.19. The summed E-state index contributed by atoms with van der Waals surface area (Å²) in [5.41, 5.74) is 1.61. The fourth-order valence-corrected chi connectivity index (χ4v) is 4.11. The smallest absolute Gasteiger partial charge is 0.191 e. The van der Waals surface area contributed by atoms with Crippen LogP contribution in [0.5, 0.6) is 0 Å². The minimum Gasteiger partial charge on any atom is -0.295 e. The second-order valence-electron chi connectivity index (χ2n) is 4.38. The van der Waals surface area contributed by atoms with Crippen LogP contribution in [0.4, 0.5) is 0 Å². The zero-order valence-corrected chi connectivity index (χ0v) is 12.6. The van der Waals surface area contributed by atoms with Gasteiger partial charge in [0.05, 0.1) is 5.75 Å². The normalized spacial score (nSPS) is 11.8. The highest BCUT2D eigenvalue weighted by molar-refractivity contribution is 7.92. The zero-order chi connectivity index (χ0) is 14.6. The van der Waals surface area contributed by atoms with Crippen molar-refractivity contribution in [2.75, 3.05) is 0 Å². The lowest BCUT2D eigenvalue weighted by atomic mass is 10.1. The van der Waals surface area contributed by atoms with Crippen molar-refractivity contribution in [2.24, 2.45) is 0 Å². The van der Waals surface area contributed by atoms with Crippen LogP contribution in [0.2, 0.25) is 0 Å². The van der Waals surface area contributed by atoms with Crippen LogP contribution in [0.3, 0.4) is 0 Å². The quantitative estimate of drug-likeness (QED) is 0.796. The van der Waals surface area contributed by atoms with E-state index in [1.165, 1.54) is 24.3 Å². The molecule has 0 unspecified atom stereocenters. The van der Waals surface area contributed by atoms with E-state index in [1.807, 2.05) is 0 Å². The largest absolute Gasteiger partial charge is 0.295 e. The molecule has 0 radical (unpaired) electrons. The van der Waals surface area contributed by atoms with E-state index in [9.17, 15) is 13.2 Å². The minimum absolute atomic E-state index is 0.00971. The summed E-state index contributed by atoms with van der Waals surface area (Å²) in [6.45, 7) is 1.48. The summed E-state index contributed by atoms with van der Waals surface area (Å²) in [5.74, 6) is -0.0288. The van der Waals surface area contributed by atoms with E-state index in [-0.39, 0.29) is 11.5 Å². The molecule has 1 heterocycles. The molecule has 3 nitrogen and oxygen atoms in total. The van der Waals surface area contributed by atoms with Gasteiger partial charge in [0.2, 0.25) is 0 Å². The van der Waals surface area contributed by atoms with Gasteiger partial charge in [-0.2, -0.15) is 0 Å². The number of ketones is 1. The first kappa shape index (κ1) is 14.7. The number of hydrogen-bond donors (Lipinski definition) is 0. The summed E-state index contributed by atoms with van der Waals surface area (Å²) in [5, 5.41) is 1.75. The van der Waals surface area contributed by atoms with Crippen molar-refractivity contribution >= 4 is 33.0 Å². The Morgan fingerprint density at radius 1 is 1.20 bits per heavy atom. The molecule has 0 N–H and O–H groups in total. The molecule has 2 rings (SSSR count). The summed E-state index contributed by atoms with van der Waals surface area (Å²) < 4.78 is 24.6. The third kappa shape index (κ3) is 3.88. The molecule has 5 heteroatoms. The number of carbonyl (C=O) groups excluding carboxylic acids is 1. The van der Waals surface area contributed by atoms with Gasteiger partial charge in [-0.1, -0.05) is 36.4 Å². The molecule has 0 bridgehead atoms. The molecular formula is C15H14O3S2. The van der Waals surface area contributed by atoms with E-state index in [4.69, 9.17) is 0 Å². The lowest BCUT2D eigenvalue weighted by Gasteiger charge is -2.02. The molecule has 0 aliphatic heterocycles. The van der Waals surface area contributed by atoms with E-state index in [0.717, 1.165) is 11.1 Å². The molecule has 1 aromatic carbocycles. The van der Waals surface area contributed by atoms with Gasteiger partial charge in [0.1, 0.15) is 4.21 Å². The van der Waals surface area contributed by atoms with E-state index >= 15 is 0 Å². The second kappa shape index (κ2) is 6.15. The van der Waals surface area contributed by atoms with Crippen LogP contribution in [-0.4, -0.2) is 14.2 Å². The molecule has 20 heavy (non-hydrogen) atoms. The average Bonchev–Trinajstić information content (AvgIpc) is 2.92. The highest BCUT2D eigenvalue weighted by Gasteiger charge is 2.15. The molecule has 0 saturated heterocycles. The van der Waals surface area contributed by atoms with Crippen molar-refractivity contribution in [1.82, 2.24) is 0 Å². The number of allylic oxidation sites excluding steroid dienone is 1. The molecule has 0 spiro atoms. The van der Waals surface area contributed by atoms with Crippen molar-refractivity contribution in [2.45, 2.75) is 16.9 Å². The second-order valence-corrected chi connectivity index (χ2v) is 7.54. The van der Waals surface area contributed by atoms with Gasteiger partial charge >= 0.3 is 0 Å². The highest BCUT2D eigenvalue weighted by Crippen LogP contribution is 2.21. The molecule has 0 fully saturated rings. The number of rotatable bonds is 5. The maximum absolute atomic E-state index is 12.1. The van der Waals surface area contributed by atoms with Crippen LogP contribution in [-0.2, 0) is 20.4 Å². The molecule has 0 amide bonds. The first-order valence-corrected chi connectivity index (χ1v) is 8.54. The SMILES string of the molecule is CC(=O)/C=C/c1ccc(CS(=O)(=O)c2cccs2)cc1. The number of sulfone groups is 1. The maximum Gasteiger partial charge on any atom is 0.191 e. The number of hydrogen-bond acceptors (Lipinski definition) is 4. The Hall–Kier alpha value is -1.72. The summed E-state index contributed by atoms with van der Waals surface area (Å²) in [4.78, 5) is 10.8. The van der Waals surface area contributed by atoms with E-state index in [2.05, 4.69) is 0 Å². The topological polar surface area (TPSA) is 51.2 Å². The Bertz CT molecular complexity index is 709. The fraction of sp³-hybridized carbons (Fsp3) is 0.133. The summed E-state index contributed by atoms with van der Waals surface area (Å²) in [6, 6.07) is 10.5. The van der Waals surface area contributed by atoms with Gasteiger partial charge in [0.25, 0.3) is 0 Å². The number of carbonyl (C=O) groups is 1. The Labute approximate surface area is 122 Å². The van der Waals surface area contributed by atoms with Gasteiger partial charge in [0.15, 0.2) is 15.6 Å². The zero-order valence-electron chi connectivity index (χ0n) is 10.9. The average molecular weight is 306 g/mol. The summed E-state index contributed by atoms with van der Waals surface area (Å²) in [7, 11) is -3.26. The molecule has 0 saturated carbocycles. The summed E-state index contributed by atoms with van der Waals surface area (Å²) >= 11 is 1.23. The number of thiophene rings is 1. The predicted octanol–water partition coefficient (Wildman–Crippen LogP) is 3.32. The lowest BCUT2D eigenvalue weighted by molar-refractivity contribution is -0.112. The Balaban J connectivity index is 2.14. The standard InChI is InChI=1S/C15H14O3S2/c1-12(16)4-5-13-6-8-14(9-7-13)11-20(17,18)15-3-2-10-19-15/h2-10H,11H2,1H3/b5-4+. The van der Waals surface area contributed by atoms with Gasteiger partial charge in [-0.25, -0.2) is 8.42 Å². The monoisotopic (exact) mass is 306 g/mol. The molecule has 104 valence electrons. The highest BCUT2D eigenvalue weighted by atomic mass is 32.2. The third-order valence-corrected chi connectivity index (χ3v) is 5.82. The molecule has 1 aromatic heterocycles. The molecule has 2 aromatic rings. The third-order valence-electron chi connectivity index (χ3n) is 2.65. The van der Waals surface area contributed by atoms with Crippen LogP contribution in [0, 0.1) is 0 Å². The van der Waals surface area contributed by atoms with Crippen LogP contribution in [0.25, 0.3) is 6.08 Å². The Morgan fingerprint density at radius 2 is 1.90 bits per heavy atom. The fourth-order valence-electron chi connectivity index (χ4n) is 1.67. The first-order valence-electron chi connectivity index (χ1n) is 6.01. The molecule has 0 aliphatic carbocycles. The van der Waals surface area contributed by atoms with Gasteiger partial charge in [-0.15, -0.1) is 11.3 Å². The Kier molecular flexibility index (Phi) is 4.52. The van der Waals surface area contributed by atoms with E-state index in [0.29, 0.717) is 4.21 Å². The van der Waals surface area contributed by atoms with Gasteiger partial charge < -0.3 is 0 Å². The van der Waals surface area contributed by atoms with Crippen LogP contribution >= 0.6 is 11.3 Å². The lowest BCUT2D eigenvalue weighted by Crippen LogP contribution is -2.02. The molecule has 0 aliphatic rings. The van der Waals surface area contributed by atoms with Crippen molar-refractivity contribution in [3.05, 3.63) is 59.0 Å². The molecular weight excluding hydrogens is 292 g/mol. The number of benzene rings is 1. The van der Waals surface area contributed by atoms with Gasteiger partial charge in [-0.05, 0) is 35.6 Å². The minimum atomic E-state index is -3.26. The van der Waals surface area contributed by atoms with Crippen LogP contribution in [0.15, 0.2) is 52.1 Å². The van der Waals surface area contributed by atoms with Crippen LogP contribution in [0.1, 0.15) is 18.1 Å². The maximum atomic E-state index is 12.1. The van der Waals surface area contributed by atoms with Gasteiger partial charge in [-0.3, -0.25) is 4.79 Å². The van der Waals surface area contributed by atoms with E-state index < -0.39 is 9.84 Å². The molecule has 0 atom stereocenters. The Morgan fingerprint density at radius 3 is 2.45 bits per heavy atom. The van der Waals surface area contributed by atoms with Crippen molar-refractivity contribution in [1.29, 1.82) is 0 Å². The van der Waals surface area contributed by atoms with Crippen molar-refractivity contribution < 1.29 is 13.2 Å². The van der Waals surface area contributed by atoms with Crippen molar-refractivity contribution in [3.63, 3.8) is 0 Å². The van der Waals surface area contributed by atoms with E-state index in [1.54, 1.807) is 47.9 Å². The first-order chi connectivity index (χ1) is 9.47. The van der Waals surface area contributed by atoms with Crippen LogP contribution < -0.4 is 0 Å². The predicted molar refractivity (Wildman–Crippen MR) is 81.4 cm³/mol.